The lowest BCUT2D eigenvalue weighted by atomic mass is 10.1. The molecule has 0 aromatic heterocycles. The third-order valence-electron chi connectivity index (χ3n) is 6.42. The van der Waals surface area contributed by atoms with Crippen molar-refractivity contribution in [3.63, 3.8) is 0 Å². The van der Waals surface area contributed by atoms with Gasteiger partial charge in [-0.05, 0) is 0 Å². The highest BCUT2D eigenvalue weighted by molar-refractivity contribution is 5.80. The lowest BCUT2D eigenvalue weighted by Gasteiger charge is -2.22. The summed E-state index contributed by atoms with van der Waals surface area (Å²) in [6.45, 7) is 23.3. The highest BCUT2D eigenvalue weighted by Gasteiger charge is 2.08. The van der Waals surface area contributed by atoms with Gasteiger partial charge in [-0.25, -0.2) is 0 Å². The van der Waals surface area contributed by atoms with Crippen molar-refractivity contribution >= 4 is 11.6 Å². The summed E-state index contributed by atoms with van der Waals surface area (Å²) < 4.78 is 50.0. The molecule has 0 amide bonds. The Labute approximate surface area is 287 Å². The quantitative estimate of drug-likeness (QED) is 0.0958. The van der Waals surface area contributed by atoms with Crippen molar-refractivity contribution in [3.05, 3.63) is 0 Å². The molecule has 0 saturated heterocycles. The molecule has 0 atom stereocenters. The summed E-state index contributed by atoms with van der Waals surface area (Å²) in [6, 6.07) is 0. The molecule has 0 radical (unpaired) electrons. The van der Waals surface area contributed by atoms with E-state index in [0.29, 0.717) is 138 Å². The number of Topliss-reactive ketones (excluding diaryl/α,β-unsaturated/α-hetero) is 2. The average Bonchev–Trinajstić information content (AvgIpc) is 3.06. The number of rotatable bonds is 37. The smallest absolute Gasteiger partial charge is 0.137 e. The van der Waals surface area contributed by atoms with E-state index < -0.39 is 0 Å². The maximum Gasteiger partial charge on any atom is 0.137 e. The van der Waals surface area contributed by atoms with Crippen LogP contribution in [0.4, 0.5) is 0 Å². The zero-order valence-electron chi connectivity index (χ0n) is 30.6. The zero-order valence-corrected chi connectivity index (χ0v) is 30.6. The van der Waals surface area contributed by atoms with E-state index in [1.165, 1.54) is 0 Å². The summed E-state index contributed by atoms with van der Waals surface area (Å²) in [5.41, 5.74) is 5.39. The Bertz CT molecular complexity index is 623. The second-order valence-electron chi connectivity index (χ2n) is 10.9. The fraction of sp³-hybridized carbons (Fsp3) is 0.941. The van der Waals surface area contributed by atoms with Gasteiger partial charge in [0.15, 0.2) is 0 Å². The summed E-state index contributed by atoms with van der Waals surface area (Å²) in [5, 5.41) is 0. The highest BCUT2D eigenvalue weighted by Crippen LogP contribution is 2.00. The van der Waals surface area contributed by atoms with E-state index in [1.54, 1.807) is 0 Å². The minimum absolute atomic E-state index is 0. The van der Waals surface area contributed by atoms with E-state index in [4.69, 9.17) is 48.4 Å². The van der Waals surface area contributed by atoms with Crippen molar-refractivity contribution < 1.29 is 53.6 Å². The topological polar surface area (TPSA) is 146 Å². The Morgan fingerprint density at radius 2 is 0.681 bits per heavy atom. The second-order valence-corrected chi connectivity index (χ2v) is 10.9. The minimum atomic E-state index is 0. The molecule has 47 heavy (non-hydrogen) atoms. The molecule has 0 aromatic rings. The van der Waals surface area contributed by atoms with Gasteiger partial charge in [-0.3, -0.25) is 14.5 Å². The summed E-state index contributed by atoms with van der Waals surface area (Å²) in [7, 11) is 0. The second kappa shape index (κ2) is 39.3. The molecule has 13 heteroatoms. The van der Waals surface area contributed by atoms with E-state index in [2.05, 4.69) is 4.90 Å². The number of hydrogen-bond donors (Lipinski definition) is 1. The van der Waals surface area contributed by atoms with Crippen LogP contribution in [0.1, 0.15) is 55.8 Å². The van der Waals surface area contributed by atoms with Gasteiger partial charge in [-0.1, -0.05) is 41.5 Å². The first-order valence-corrected chi connectivity index (χ1v) is 17.6. The van der Waals surface area contributed by atoms with E-state index in [9.17, 15) is 9.59 Å². The monoisotopic (exact) mass is 685 g/mol. The Hall–Kier alpha value is -1.10. The van der Waals surface area contributed by atoms with E-state index in [0.717, 1.165) is 19.6 Å². The van der Waals surface area contributed by atoms with Crippen LogP contribution in [0.5, 0.6) is 0 Å². The predicted octanol–water partition coefficient (Wildman–Crippen LogP) is 2.90. The summed E-state index contributed by atoms with van der Waals surface area (Å²) in [4.78, 5) is 25.4. The van der Waals surface area contributed by atoms with Gasteiger partial charge >= 0.3 is 0 Å². The number of carbonyl (C=O) groups is 2. The molecule has 0 aliphatic rings. The van der Waals surface area contributed by atoms with E-state index in [1.807, 2.05) is 41.5 Å². The molecule has 0 aliphatic carbocycles. The van der Waals surface area contributed by atoms with Gasteiger partial charge in [0.1, 0.15) is 11.6 Å². The van der Waals surface area contributed by atoms with Crippen LogP contribution in [0.25, 0.3) is 0 Å². The van der Waals surface area contributed by atoms with Crippen LogP contribution in [0.2, 0.25) is 0 Å². The number of ether oxygens (including phenoxy) is 9. The van der Waals surface area contributed by atoms with Gasteiger partial charge in [0.2, 0.25) is 0 Å². The van der Waals surface area contributed by atoms with Crippen molar-refractivity contribution in [1.82, 2.24) is 4.90 Å². The van der Waals surface area contributed by atoms with Crippen LogP contribution in [0.3, 0.4) is 0 Å². The molecule has 13 nitrogen and oxygen atoms in total. The van der Waals surface area contributed by atoms with Gasteiger partial charge < -0.3 is 48.4 Å². The Balaban J connectivity index is -0.00000661. The van der Waals surface area contributed by atoms with E-state index in [-0.39, 0.29) is 24.8 Å². The molecule has 0 unspecified atom stereocenters. The SMILES string of the molecule is CC.CC(C)C(=O)CCOCCOCCOCCN(CCOCCOCCOCCN)CCOCCOCCOCCC(=O)C(C)C.[HH]. The van der Waals surface area contributed by atoms with Crippen LogP contribution in [-0.2, 0) is 52.2 Å². The molecule has 0 spiro atoms. The summed E-state index contributed by atoms with van der Waals surface area (Å²) >= 11 is 0. The van der Waals surface area contributed by atoms with E-state index >= 15 is 0 Å². The molecule has 0 saturated carbocycles. The van der Waals surface area contributed by atoms with Crippen LogP contribution >= 0.6 is 0 Å². The van der Waals surface area contributed by atoms with Crippen LogP contribution in [0, 0.1) is 11.8 Å². The number of ketones is 2. The van der Waals surface area contributed by atoms with Gasteiger partial charge in [-0.2, -0.15) is 0 Å². The molecule has 0 rings (SSSR count). The highest BCUT2D eigenvalue weighted by atomic mass is 16.6. The van der Waals surface area contributed by atoms with Gasteiger partial charge in [0.05, 0.1) is 119 Å². The Kier molecular flexibility index (Phi) is 40.2. The largest absolute Gasteiger partial charge is 0.379 e. The van der Waals surface area contributed by atoms with Gasteiger partial charge in [-0.15, -0.1) is 0 Å². The molecule has 0 heterocycles. The maximum atomic E-state index is 11.6. The standard InChI is InChI=1S/C32H64N2O11.C2H6.H2/c1-29(2)31(35)5-11-37-17-23-43-26-20-40-14-8-34(10-16-42-22-28-45-25-19-39-13-7-33)9-15-41-21-27-44-24-18-38-12-6-32(36)30(3)4;1-2;/h29-30H,5-28,33H2,1-4H3;1-2H3;1H. The van der Waals surface area contributed by atoms with Crippen LogP contribution in [0.15, 0.2) is 0 Å². The molecular formula is C34H72N2O11. The predicted molar refractivity (Wildman–Crippen MR) is 185 cm³/mol. The Morgan fingerprint density at radius 1 is 0.447 bits per heavy atom. The number of nitrogens with zero attached hydrogens (tertiary/aromatic N) is 1. The lowest BCUT2D eigenvalue weighted by Crippen LogP contribution is -2.34. The Morgan fingerprint density at radius 3 is 0.936 bits per heavy atom. The summed E-state index contributed by atoms with van der Waals surface area (Å²) in [5.74, 6) is 0.520. The first kappa shape index (κ1) is 48.0. The molecule has 0 fully saturated rings. The first-order valence-electron chi connectivity index (χ1n) is 17.6. The lowest BCUT2D eigenvalue weighted by molar-refractivity contribution is -0.123. The number of nitrogens with two attached hydrogens (primary N) is 1. The summed E-state index contributed by atoms with van der Waals surface area (Å²) in [6.07, 6.45) is 0.887. The average molecular weight is 685 g/mol. The molecule has 0 bridgehead atoms. The van der Waals surface area contributed by atoms with Gasteiger partial charge in [0, 0.05) is 52.3 Å². The number of carbonyl (C=O) groups excluding carboxylic acids is 2. The zero-order chi connectivity index (χ0) is 35.2. The van der Waals surface area contributed by atoms with Crippen molar-refractivity contribution in [1.29, 1.82) is 0 Å². The van der Waals surface area contributed by atoms with Crippen molar-refractivity contribution in [3.8, 4) is 0 Å². The fourth-order valence-corrected chi connectivity index (χ4v) is 3.55. The van der Waals surface area contributed by atoms with Gasteiger partial charge in [0.25, 0.3) is 0 Å². The maximum absolute atomic E-state index is 11.6. The number of hydrogen-bond acceptors (Lipinski definition) is 13. The van der Waals surface area contributed by atoms with Crippen molar-refractivity contribution in [2.45, 2.75) is 54.4 Å². The molecule has 0 aromatic carbocycles. The normalized spacial score (nSPS) is 11.4. The van der Waals surface area contributed by atoms with Crippen LogP contribution in [-0.4, -0.2) is 162 Å². The third kappa shape index (κ3) is 37.6. The molecule has 284 valence electrons. The van der Waals surface area contributed by atoms with Crippen LogP contribution < -0.4 is 5.73 Å². The third-order valence-corrected chi connectivity index (χ3v) is 6.42. The minimum Gasteiger partial charge on any atom is -0.379 e. The molecular weight excluding hydrogens is 612 g/mol. The van der Waals surface area contributed by atoms with Crippen molar-refractivity contribution in [2.24, 2.45) is 17.6 Å². The molecule has 0 aliphatic heterocycles. The van der Waals surface area contributed by atoms with Crippen molar-refractivity contribution in [2.75, 3.05) is 145 Å². The fourth-order valence-electron chi connectivity index (χ4n) is 3.55. The first-order chi connectivity index (χ1) is 22.9. The molecule has 2 N–H and O–H groups in total.